The van der Waals surface area contributed by atoms with Crippen LogP contribution in [0.25, 0.3) is 11.4 Å². The monoisotopic (exact) mass is 349 g/mol. The lowest BCUT2D eigenvalue weighted by molar-refractivity contribution is -0.122. The molecule has 0 saturated heterocycles. The fourth-order valence-electron chi connectivity index (χ4n) is 2.68. The standard InChI is InChI=1S/C20H23N5O/c1-15-8-12-18(13-9-15)20-22-24-25(23-20)14-19(26)21-16(2)10-11-17-6-4-3-5-7-17/h3-9,12-13,16H,10-11,14H2,1-2H3,(H,21,26)/t16-/m0/s1. The molecule has 3 rings (SSSR count). The van der Waals surface area contributed by atoms with Gasteiger partial charge in [0.15, 0.2) is 0 Å². The summed E-state index contributed by atoms with van der Waals surface area (Å²) in [6, 6.07) is 18.2. The predicted octanol–water partition coefficient (Wildman–Crippen LogP) is 2.79. The summed E-state index contributed by atoms with van der Waals surface area (Å²) in [5, 5.41) is 15.3. The molecule has 1 atom stereocenters. The number of amides is 1. The molecule has 134 valence electrons. The van der Waals surface area contributed by atoms with Gasteiger partial charge >= 0.3 is 0 Å². The molecule has 0 fully saturated rings. The van der Waals surface area contributed by atoms with Gasteiger partial charge in [-0.25, -0.2) is 0 Å². The molecule has 0 spiro atoms. The molecule has 1 aromatic heterocycles. The summed E-state index contributed by atoms with van der Waals surface area (Å²) < 4.78 is 0. The van der Waals surface area contributed by atoms with Crippen molar-refractivity contribution in [1.82, 2.24) is 25.5 Å². The molecular weight excluding hydrogens is 326 g/mol. The number of benzene rings is 2. The van der Waals surface area contributed by atoms with E-state index in [-0.39, 0.29) is 18.5 Å². The van der Waals surface area contributed by atoms with Crippen molar-refractivity contribution < 1.29 is 4.79 Å². The average molecular weight is 349 g/mol. The van der Waals surface area contributed by atoms with Gasteiger partial charge in [0.25, 0.3) is 0 Å². The molecule has 2 aromatic carbocycles. The first-order chi connectivity index (χ1) is 12.6. The molecule has 0 aliphatic carbocycles. The first-order valence-corrected chi connectivity index (χ1v) is 8.78. The van der Waals surface area contributed by atoms with Crippen molar-refractivity contribution in [1.29, 1.82) is 0 Å². The van der Waals surface area contributed by atoms with Crippen molar-refractivity contribution in [3.63, 3.8) is 0 Å². The zero-order valence-corrected chi connectivity index (χ0v) is 15.1. The van der Waals surface area contributed by atoms with Gasteiger partial charge < -0.3 is 5.32 Å². The predicted molar refractivity (Wildman–Crippen MR) is 100 cm³/mol. The number of tetrazole rings is 1. The number of hydrogen-bond acceptors (Lipinski definition) is 4. The minimum Gasteiger partial charge on any atom is -0.352 e. The van der Waals surface area contributed by atoms with Gasteiger partial charge in [0.1, 0.15) is 6.54 Å². The highest BCUT2D eigenvalue weighted by molar-refractivity contribution is 5.75. The van der Waals surface area contributed by atoms with Gasteiger partial charge in [0.05, 0.1) is 0 Å². The Hall–Kier alpha value is -3.02. The Morgan fingerprint density at radius 3 is 2.58 bits per heavy atom. The Morgan fingerprint density at radius 1 is 1.12 bits per heavy atom. The largest absolute Gasteiger partial charge is 0.352 e. The van der Waals surface area contributed by atoms with Crippen LogP contribution >= 0.6 is 0 Å². The molecular formula is C20H23N5O. The van der Waals surface area contributed by atoms with Gasteiger partial charge in [-0.15, -0.1) is 10.2 Å². The first-order valence-electron chi connectivity index (χ1n) is 8.78. The van der Waals surface area contributed by atoms with Crippen LogP contribution < -0.4 is 5.32 Å². The van der Waals surface area contributed by atoms with Crippen molar-refractivity contribution in [2.45, 2.75) is 39.3 Å². The van der Waals surface area contributed by atoms with Crippen LogP contribution in [0.5, 0.6) is 0 Å². The average Bonchev–Trinajstić information content (AvgIpc) is 3.09. The van der Waals surface area contributed by atoms with Crippen molar-refractivity contribution in [2.24, 2.45) is 0 Å². The van der Waals surface area contributed by atoms with Gasteiger partial charge in [-0.05, 0) is 37.5 Å². The summed E-state index contributed by atoms with van der Waals surface area (Å²) in [4.78, 5) is 13.5. The molecule has 0 radical (unpaired) electrons. The SMILES string of the molecule is Cc1ccc(-c2nnn(CC(=O)N[C@@H](C)CCc3ccccc3)n2)cc1. The number of aromatic nitrogens is 4. The maximum atomic E-state index is 12.2. The second kappa shape index (κ2) is 8.38. The van der Waals surface area contributed by atoms with Crippen LogP contribution in [0.1, 0.15) is 24.5 Å². The van der Waals surface area contributed by atoms with Crippen molar-refractivity contribution >= 4 is 5.91 Å². The van der Waals surface area contributed by atoms with Crippen LogP contribution in [-0.2, 0) is 17.8 Å². The number of carbonyl (C=O) groups excluding carboxylic acids is 1. The van der Waals surface area contributed by atoms with Crippen molar-refractivity contribution in [3.05, 3.63) is 65.7 Å². The highest BCUT2D eigenvalue weighted by Gasteiger charge is 2.11. The van der Waals surface area contributed by atoms with E-state index in [4.69, 9.17) is 0 Å². The summed E-state index contributed by atoms with van der Waals surface area (Å²) >= 11 is 0. The van der Waals surface area contributed by atoms with Gasteiger partial charge in [0.2, 0.25) is 11.7 Å². The lowest BCUT2D eigenvalue weighted by Crippen LogP contribution is -2.35. The van der Waals surface area contributed by atoms with E-state index >= 15 is 0 Å². The van der Waals surface area contributed by atoms with Crippen LogP contribution in [0.3, 0.4) is 0 Å². The minimum atomic E-state index is -0.113. The van der Waals surface area contributed by atoms with Gasteiger partial charge in [-0.2, -0.15) is 4.80 Å². The molecule has 6 nitrogen and oxygen atoms in total. The molecule has 0 unspecified atom stereocenters. The second-order valence-electron chi connectivity index (χ2n) is 6.50. The Kier molecular flexibility index (Phi) is 5.73. The Balaban J connectivity index is 1.49. The molecule has 0 bridgehead atoms. The number of nitrogens with one attached hydrogen (secondary N) is 1. The maximum Gasteiger partial charge on any atom is 0.243 e. The topological polar surface area (TPSA) is 72.7 Å². The highest BCUT2D eigenvalue weighted by atomic mass is 16.2. The molecule has 1 heterocycles. The van der Waals surface area contributed by atoms with E-state index in [1.807, 2.05) is 56.3 Å². The minimum absolute atomic E-state index is 0.0640. The van der Waals surface area contributed by atoms with E-state index in [9.17, 15) is 4.79 Å². The third kappa shape index (κ3) is 4.99. The molecule has 1 amide bonds. The smallest absolute Gasteiger partial charge is 0.243 e. The van der Waals surface area contributed by atoms with E-state index < -0.39 is 0 Å². The number of nitrogens with zero attached hydrogens (tertiary/aromatic N) is 4. The quantitative estimate of drug-likeness (QED) is 0.712. The fourth-order valence-corrected chi connectivity index (χ4v) is 2.68. The van der Waals surface area contributed by atoms with Gasteiger partial charge in [-0.3, -0.25) is 4.79 Å². The fraction of sp³-hybridized carbons (Fsp3) is 0.300. The summed E-state index contributed by atoms with van der Waals surface area (Å²) in [5.41, 5.74) is 3.33. The lowest BCUT2D eigenvalue weighted by Gasteiger charge is -2.13. The Morgan fingerprint density at radius 2 is 1.85 bits per heavy atom. The second-order valence-corrected chi connectivity index (χ2v) is 6.50. The molecule has 0 aliphatic heterocycles. The van der Waals surface area contributed by atoms with E-state index in [1.165, 1.54) is 15.9 Å². The number of rotatable bonds is 7. The van der Waals surface area contributed by atoms with E-state index in [1.54, 1.807) is 0 Å². The Bertz CT molecular complexity index is 842. The summed E-state index contributed by atoms with van der Waals surface area (Å²) in [5.74, 6) is 0.411. The molecule has 1 N–H and O–H groups in total. The lowest BCUT2D eigenvalue weighted by atomic mass is 10.1. The maximum absolute atomic E-state index is 12.2. The summed E-state index contributed by atoms with van der Waals surface area (Å²) in [7, 11) is 0. The van der Waals surface area contributed by atoms with Crippen LogP contribution in [-0.4, -0.2) is 32.2 Å². The third-order valence-electron chi connectivity index (χ3n) is 4.16. The van der Waals surface area contributed by atoms with Gasteiger partial charge in [-0.1, -0.05) is 60.2 Å². The van der Waals surface area contributed by atoms with E-state index in [2.05, 4.69) is 32.9 Å². The van der Waals surface area contributed by atoms with Crippen molar-refractivity contribution in [3.8, 4) is 11.4 Å². The molecule has 26 heavy (non-hydrogen) atoms. The van der Waals surface area contributed by atoms with Crippen LogP contribution in [0.2, 0.25) is 0 Å². The molecule has 0 saturated carbocycles. The highest BCUT2D eigenvalue weighted by Crippen LogP contribution is 2.13. The third-order valence-corrected chi connectivity index (χ3v) is 4.16. The van der Waals surface area contributed by atoms with Crippen molar-refractivity contribution in [2.75, 3.05) is 0 Å². The Labute approximate surface area is 153 Å². The molecule has 6 heteroatoms. The molecule has 0 aliphatic rings. The number of hydrogen-bond donors (Lipinski definition) is 1. The summed E-state index contributed by atoms with van der Waals surface area (Å²) in [6.07, 6.45) is 1.82. The van der Waals surface area contributed by atoms with E-state index in [0.29, 0.717) is 5.82 Å². The zero-order chi connectivity index (χ0) is 18.4. The molecule has 3 aromatic rings. The summed E-state index contributed by atoms with van der Waals surface area (Å²) in [6.45, 7) is 4.10. The van der Waals surface area contributed by atoms with Crippen LogP contribution in [0, 0.1) is 6.92 Å². The zero-order valence-electron chi connectivity index (χ0n) is 15.1. The number of aryl methyl sites for hydroxylation is 2. The van der Waals surface area contributed by atoms with Crippen LogP contribution in [0.15, 0.2) is 54.6 Å². The van der Waals surface area contributed by atoms with E-state index in [0.717, 1.165) is 18.4 Å². The first kappa shape index (κ1) is 17.8. The number of carbonyl (C=O) groups is 1. The normalized spacial score (nSPS) is 11.9. The van der Waals surface area contributed by atoms with Gasteiger partial charge in [0, 0.05) is 11.6 Å². The van der Waals surface area contributed by atoms with Crippen LogP contribution in [0.4, 0.5) is 0 Å².